The van der Waals surface area contributed by atoms with E-state index >= 15 is 0 Å². The van der Waals surface area contributed by atoms with Crippen LogP contribution in [0.1, 0.15) is 17.3 Å². The summed E-state index contributed by atoms with van der Waals surface area (Å²) in [6, 6.07) is 4.27. The van der Waals surface area contributed by atoms with Crippen molar-refractivity contribution in [3.8, 4) is 0 Å². The summed E-state index contributed by atoms with van der Waals surface area (Å²) in [6.45, 7) is 3.91. The standard InChI is InChI=1S/C12H14ClFN2O.ClH/c1-8-7-16(5-4-15-8)12(17)10-6-9(13)2-3-11(10)14;/h2-3,6,8,15H,4-5,7H2,1H3;1H/t8-;/m0./s1. The van der Waals surface area contributed by atoms with Gasteiger partial charge in [-0.2, -0.15) is 0 Å². The zero-order chi connectivity index (χ0) is 12.4. The highest BCUT2D eigenvalue weighted by Crippen LogP contribution is 2.17. The van der Waals surface area contributed by atoms with Crippen molar-refractivity contribution in [1.29, 1.82) is 0 Å². The highest BCUT2D eigenvalue weighted by molar-refractivity contribution is 6.31. The van der Waals surface area contributed by atoms with Crippen LogP contribution in [0.2, 0.25) is 5.02 Å². The van der Waals surface area contributed by atoms with Crippen LogP contribution in [0, 0.1) is 5.82 Å². The minimum absolute atomic E-state index is 0. The van der Waals surface area contributed by atoms with Crippen LogP contribution in [0.15, 0.2) is 18.2 Å². The molecular weight excluding hydrogens is 278 g/mol. The Kier molecular flexibility index (Phi) is 5.38. The predicted molar refractivity (Wildman–Crippen MR) is 72.0 cm³/mol. The second-order valence-corrected chi connectivity index (χ2v) is 4.67. The molecule has 1 aromatic rings. The van der Waals surface area contributed by atoms with Gasteiger partial charge in [0.25, 0.3) is 5.91 Å². The maximum absolute atomic E-state index is 13.6. The number of hydrogen-bond acceptors (Lipinski definition) is 2. The minimum atomic E-state index is -0.523. The third-order valence-corrected chi connectivity index (χ3v) is 3.05. The Hall–Kier alpha value is -0.840. The van der Waals surface area contributed by atoms with Crippen molar-refractivity contribution >= 4 is 29.9 Å². The number of amides is 1. The lowest BCUT2D eigenvalue weighted by Gasteiger charge is -2.32. The molecule has 1 saturated heterocycles. The molecule has 1 aromatic carbocycles. The van der Waals surface area contributed by atoms with E-state index in [9.17, 15) is 9.18 Å². The van der Waals surface area contributed by atoms with Gasteiger partial charge >= 0.3 is 0 Å². The topological polar surface area (TPSA) is 32.3 Å². The fourth-order valence-electron chi connectivity index (χ4n) is 1.95. The molecule has 1 heterocycles. The van der Waals surface area contributed by atoms with E-state index < -0.39 is 5.82 Å². The number of nitrogens with one attached hydrogen (secondary N) is 1. The average Bonchev–Trinajstić information content (AvgIpc) is 2.31. The molecule has 2 rings (SSSR count). The Morgan fingerprint density at radius 1 is 1.56 bits per heavy atom. The third-order valence-electron chi connectivity index (χ3n) is 2.81. The fraction of sp³-hybridized carbons (Fsp3) is 0.417. The summed E-state index contributed by atoms with van der Waals surface area (Å²) in [5, 5.41) is 3.60. The number of benzene rings is 1. The number of halogens is 3. The minimum Gasteiger partial charge on any atom is -0.336 e. The van der Waals surface area contributed by atoms with Gasteiger partial charge in [0.1, 0.15) is 5.82 Å². The van der Waals surface area contributed by atoms with Gasteiger partial charge in [-0.25, -0.2) is 4.39 Å². The number of piperazine rings is 1. The highest BCUT2D eigenvalue weighted by Gasteiger charge is 2.23. The van der Waals surface area contributed by atoms with Gasteiger partial charge in [0, 0.05) is 30.7 Å². The summed E-state index contributed by atoms with van der Waals surface area (Å²) in [5.74, 6) is -0.816. The Morgan fingerprint density at radius 2 is 2.28 bits per heavy atom. The lowest BCUT2D eigenvalue weighted by Crippen LogP contribution is -2.51. The molecule has 1 aliphatic heterocycles. The molecule has 0 bridgehead atoms. The largest absolute Gasteiger partial charge is 0.336 e. The van der Waals surface area contributed by atoms with Crippen LogP contribution in [0.5, 0.6) is 0 Å². The van der Waals surface area contributed by atoms with Crippen molar-refractivity contribution < 1.29 is 9.18 Å². The number of carbonyl (C=O) groups excluding carboxylic acids is 1. The number of nitrogens with zero attached hydrogens (tertiary/aromatic N) is 1. The molecule has 6 heteroatoms. The Morgan fingerprint density at radius 3 is 2.94 bits per heavy atom. The molecule has 18 heavy (non-hydrogen) atoms. The van der Waals surface area contributed by atoms with E-state index in [2.05, 4.69) is 5.32 Å². The third kappa shape index (κ3) is 3.34. The normalized spacial score (nSPS) is 19.3. The quantitative estimate of drug-likeness (QED) is 0.862. The number of carbonyl (C=O) groups is 1. The van der Waals surface area contributed by atoms with Crippen molar-refractivity contribution in [3.63, 3.8) is 0 Å². The molecule has 0 saturated carbocycles. The Balaban J connectivity index is 0.00000162. The molecule has 1 atom stereocenters. The van der Waals surface area contributed by atoms with E-state index in [4.69, 9.17) is 11.6 Å². The first-order valence-corrected chi connectivity index (χ1v) is 5.93. The van der Waals surface area contributed by atoms with Crippen molar-refractivity contribution in [2.24, 2.45) is 0 Å². The van der Waals surface area contributed by atoms with Crippen LogP contribution < -0.4 is 5.32 Å². The van der Waals surface area contributed by atoms with Crippen molar-refractivity contribution in [1.82, 2.24) is 10.2 Å². The highest BCUT2D eigenvalue weighted by atomic mass is 35.5. The maximum atomic E-state index is 13.6. The number of rotatable bonds is 1. The van der Waals surface area contributed by atoms with Gasteiger partial charge in [0.15, 0.2) is 0 Å². The van der Waals surface area contributed by atoms with Gasteiger partial charge in [-0.3, -0.25) is 4.79 Å². The second-order valence-electron chi connectivity index (χ2n) is 4.23. The van der Waals surface area contributed by atoms with Gasteiger partial charge < -0.3 is 10.2 Å². The molecule has 3 nitrogen and oxygen atoms in total. The summed E-state index contributed by atoms with van der Waals surface area (Å²) in [4.78, 5) is 13.8. The van der Waals surface area contributed by atoms with Gasteiger partial charge in [-0.05, 0) is 25.1 Å². The van der Waals surface area contributed by atoms with Crippen LogP contribution in [0.4, 0.5) is 4.39 Å². The van der Waals surface area contributed by atoms with E-state index in [1.54, 1.807) is 4.90 Å². The van der Waals surface area contributed by atoms with Crippen molar-refractivity contribution in [2.45, 2.75) is 13.0 Å². The Bertz CT molecular complexity index is 442. The van der Waals surface area contributed by atoms with Gasteiger partial charge in [0.2, 0.25) is 0 Å². The van der Waals surface area contributed by atoms with Gasteiger partial charge in [-0.1, -0.05) is 11.6 Å². The summed E-state index contributed by atoms with van der Waals surface area (Å²) >= 11 is 5.78. The molecule has 1 N–H and O–H groups in total. The van der Waals surface area contributed by atoms with Crippen LogP contribution in [0.3, 0.4) is 0 Å². The van der Waals surface area contributed by atoms with Gasteiger partial charge in [-0.15, -0.1) is 12.4 Å². The molecule has 0 aliphatic carbocycles. The Labute approximate surface area is 117 Å². The van der Waals surface area contributed by atoms with Crippen LogP contribution in [0.25, 0.3) is 0 Å². The van der Waals surface area contributed by atoms with Crippen LogP contribution >= 0.6 is 24.0 Å². The number of hydrogen-bond donors (Lipinski definition) is 1. The first-order chi connectivity index (χ1) is 8.08. The molecule has 100 valence electrons. The summed E-state index contributed by atoms with van der Waals surface area (Å²) in [6.07, 6.45) is 0. The first-order valence-electron chi connectivity index (χ1n) is 5.55. The van der Waals surface area contributed by atoms with Gasteiger partial charge in [0.05, 0.1) is 5.56 Å². The second kappa shape index (κ2) is 6.36. The SMILES string of the molecule is C[C@H]1CN(C(=O)c2cc(Cl)ccc2F)CCN1.Cl. The van der Waals surface area contributed by atoms with E-state index in [1.165, 1.54) is 18.2 Å². The molecular formula is C12H15Cl2FN2O. The van der Waals surface area contributed by atoms with Crippen LogP contribution in [-0.2, 0) is 0 Å². The summed E-state index contributed by atoms with van der Waals surface area (Å²) in [7, 11) is 0. The van der Waals surface area contributed by atoms with E-state index in [0.29, 0.717) is 18.1 Å². The molecule has 0 aromatic heterocycles. The lowest BCUT2D eigenvalue weighted by molar-refractivity contribution is 0.0704. The summed E-state index contributed by atoms with van der Waals surface area (Å²) in [5.41, 5.74) is 0.0478. The van der Waals surface area contributed by atoms with Crippen LogP contribution in [-0.4, -0.2) is 36.5 Å². The molecule has 0 unspecified atom stereocenters. The molecule has 0 spiro atoms. The van der Waals surface area contributed by atoms with E-state index in [-0.39, 0.29) is 29.9 Å². The zero-order valence-corrected chi connectivity index (χ0v) is 11.5. The van der Waals surface area contributed by atoms with Crippen molar-refractivity contribution in [2.75, 3.05) is 19.6 Å². The van der Waals surface area contributed by atoms with E-state index in [1.807, 2.05) is 6.92 Å². The maximum Gasteiger partial charge on any atom is 0.256 e. The molecule has 0 radical (unpaired) electrons. The average molecular weight is 293 g/mol. The predicted octanol–water partition coefficient (Wildman–Crippen LogP) is 2.33. The summed E-state index contributed by atoms with van der Waals surface area (Å²) < 4.78 is 13.6. The van der Waals surface area contributed by atoms with Crippen molar-refractivity contribution in [3.05, 3.63) is 34.6 Å². The van der Waals surface area contributed by atoms with E-state index in [0.717, 1.165) is 6.54 Å². The smallest absolute Gasteiger partial charge is 0.256 e. The fourth-order valence-corrected chi connectivity index (χ4v) is 2.12. The molecule has 1 fully saturated rings. The molecule has 1 aliphatic rings. The first kappa shape index (κ1) is 15.2. The lowest BCUT2D eigenvalue weighted by atomic mass is 10.1. The molecule has 1 amide bonds. The monoisotopic (exact) mass is 292 g/mol. The zero-order valence-electron chi connectivity index (χ0n) is 9.95.